The van der Waals surface area contributed by atoms with Crippen molar-refractivity contribution in [1.82, 2.24) is 10.2 Å². The van der Waals surface area contributed by atoms with Gasteiger partial charge in [0.05, 0.1) is 11.6 Å². The van der Waals surface area contributed by atoms with Gasteiger partial charge < -0.3 is 10.4 Å². The molecule has 0 aliphatic carbocycles. The topological polar surface area (TPSA) is 35.5 Å². The Morgan fingerprint density at radius 3 is 2.45 bits per heavy atom. The molecule has 0 unspecified atom stereocenters. The Balaban J connectivity index is 2.32. The van der Waals surface area contributed by atoms with E-state index in [4.69, 9.17) is 0 Å². The number of benzene rings is 1. The highest BCUT2D eigenvalue weighted by molar-refractivity contribution is 5.39. The fourth-order valence-corrected chi connectivity index (χ4v) is 2.37. The number of hydrogen-bond donors (Lipinski definition) is 2. The number of hydrogen-bond acceptors (Lipinski definition) is 3. The first-order valence-electron chi connectivity index (χ1n) is 6.34. The van der Waals surface area contributed by atoms with E-state index in [9.17, 15) is 22.7 Å². The quantitative estimate of drug-likeness (QED) is 0.839. The lowest BCUT2D eigenvalue weighted by molar-refractivity contribution is -0.137. The van der Waals surface area contributed by atoms with Crippen LogP contribution in [-0.2, 0) is 6.18 Å². The molecule has 1 saturated heterocycles. The largest absolute Gasteiger partial charge is 0.508 e. The first kappa shape index (κ1) is 15.1. The first-order chi connectivity index (χ1) is 9.43. The van der Waals surface area contributed by atoms with Gasteiger partial charge in [-0.1, -0.05) is 0 Å². The number of piperazine rings is 1. The summed E-state index contributed by atoms with van der Waals surface area (Å²) in [5.74, 6) is -0.306. The summed E-state index contributed by atoms with van der Waals surface area (Å²) in [7, 11) is 0. The van der Waals surface area contributed by atoms with Crippen molar-refractivity contribution in [3.05, 3.63) is 29.3 Å². The molecule has 20 heavy (non-hydrogen) atoms. The number of alkyl halides is 4. The fourth-order valence-electron chi connectivity index (χ4n) is 2.37. The van der Waals surface area contributed by atoms with Gasteiger partial charge in [0, 0.05) is 31.7 Å². The van der Waals surface area contributed by atoms with Gasteiger partial charge in [-0.05, 0) is 18.2 Å². The molecule has 1 aromatic rings. The van der Waals surface area contributed by atoms with Gasteiger partial charge >= 0.3 is 6.18 Å². The normalized spacial score (nSPS) is 19.0. The van der Waals surface area contributed by atoms with Gasteiger partial charge in [-0.2, -0.15) is 13.2 Å². The van der Waals surface area contributed by atoms with Crippen LogP contribution >= 0.6 is 0 Å². The molecule has 3 nitrogen and oxygen atoms in total. The lowest BCUT2D eigenvalue weighted by Crippen LogP contribution is -2.45. The van der Waals surface area contributed by atoms with Crippen LogP contribution in [0.2, 0.25) is 0 Å². The molecule has 1 heterocycles. The molecule has 0 bridgehead atoms. The Hall–Kier alpha value is -1.34. The van der Waals surface area contributed by atoms with E-state index in [-0.39, 0.29) is 11.3 Å². The summed E-state index contributed by atoms with van der Waals surface area (Å²) in [6.07, 6.45) is -4.51. The average molecular weight is 292 g/mol. The van der Waals surface area contributed by atoms with E-state index in [1.54, 1.807) is 4.90 Å². The summed E-state index contributed by atoms with van der Waals surface area (Å²) in [6.45, 7) is 1.52. The predicted octanol–water partition coefficient (Wildman–Crippen LogP) is 2.33. The van der Waals surface area contributed by atoms with Crippen molar-refractivity contribution in [1.29, 1.82) is 0 Å². The summed E-state index contributed by atoms with van der Waals surface area (Å²) < 4.78 is 51.4. The molecule has 2 N–H and O–H groups in total. The Bertz CT molecular complexity index is 458. The monoisotopic (exact) mass is 292 g/mol. The maximum atomic E-state index is 13.3. The minimum Gasteiger partial charge on any atom is -0.508 e. The molecular formula is C13H16F4N2O. The second-order valence-corrected chi connectivity index (χ2v) is 4.73. The van der Waals surface area contributed by atoms with Gasteiger partial charge in [0.1, 0.15) is 12.4 Å². The molecule has 2 rings (SSSR count). The summed E-state index contributed by atoms with van der Waals surface area (Å²) in [5, 5.41) is 12.8. The zero-order valence-corrected chi connectivity index (χ0v) is 10.8. The Morgan fingerprint density at radius 1 is 1.25 bits per heavy atom. The van der Waals surface area contributed by atoms with Gasteiger partial charge in [-0.15, -0.1) is 0 Å². The molecule has 0 saturated carbocycles. The Labute approximate surface area is 114 Å². The third-order valence-corrected chi connectivity index (χ3v) is 3.45. The van der Waals surface area contributed by atoms with Crippen LogP contribution in [0.15, 0.2) is 18.2 Å². The van der Waals surface area contributed by atoms with Crippen LogP contribution in [0.5, 0.6) is 5.75 Å². The van der Waals surface area contributed by atoms with Gasteiger partial charge in [0.2, 0.25) is 0 Å². The van der Waals surface area contributed by atoms with Crippen molar-refractivity contribution in [3.8, 4) is 5.75 Å². The Kier molecular flexibility index (Phi) is 4.49. The lowest BCUT2D eigenvalue weighted by atomic mass is 10.0. The van der Waals surface area contributed by atoms with E-state index >= 15 is 0 Å². The highest BCUT2D eigenvalue weighted by atomic mass is 19.4. The molecule has 112 valence electrons. The van der Waals surface area contributed by atoms with Crippen molar-refractivity contribution in [2.24, 2.45) is 0 Å². The maximum Gasteiger partial charge on any atom is 0.416 e. The third-order valence-electron chi connectivity index (χ3n) is 3.45. The Morgan fingerprint density at radius 2 is 1.90 bits per heavy atom. The zero-order valence-electron chi connectivity index (χ0n) is 10.8. The standard InChI is InChI=1S/C13H16F4N2O/c14-8-11(19-5-3-18-4-6-19)10-7-9(13(15,16)17)1-2-12(10)20/h1-2,7,11,18,20H,3-6,8H2/t11-/m0/s1. The number of nitrogens with zero attached hydrogens (tertiary/aromatic N) is 1. The molecule has 1 atom stereocenters. The minimum atomic E-state index is -4.51. The van der Waals surface area contributed by atoms with E-state index in [0.717, 1.165) is 18.2 Å². The van der Waals surface area contributed by atoms with Gasteiger partial charge in [-0.25, -0.2) is 4.39 Å². The number of aromatic hydroxyl groups is 1. The van der Waals surface area contributed by atoms with Crippen molar-refractivity contribution in [2.75, 3.05) is 32.9 Å². The molecule has 7 heteroatoms. The predicted molar refractivity (Wildman–Crippen MR) is 66.3 cm³/mol. The van der Waals surface area contributed by atoms with Crippen LogP contribution in [0.1, 0.15) is 17.2 Å². The summed E-state index contributed by atoms with van der Waals surface area (Å²) in [6, 6.07) is 1.76. The summed E-state index contributed by atoms with van der Waals surface area (Å²) in [4.78, 5) is 1.74. The molecule has 0 amide bonds. The average Bonchev–Trinajstić information content (AvgIpc) is 2.41. The van der Waals surface area contributed by atoms with Crippen molar-refractivity contribution < 1.29 is 22.7 Å². The van der Waals surface area contributed by atoms with Crippen molar-refractivity contribution in [2.45, 2.75) is 12.2 Å². The molecule has 0 radical (unpaired) electrons. The SMILES string of the molecule is Oc1ccc(C(F)(F)F)cc1[C@H](CF)N1CCNCC1. The number of rotatable bonds is 3. The molecule has 0 spiro atoms. The number of nitrogens with one attached hydrogen (secondary N) is 1. The van der Waals surface area contributed by atoms with Crippen LogP contribution in [0.4, 0.5) is 17.6 Å². The van der Waals surface area contributed by atoms with E-state index in [0.29, 0.717) is 26.2 Å². The molecule has 1 aliphatic heterocycles. The number of phenols is 1. The smallest absolute Gasteiger partial charge is 0.416 e. The van der Waals surface area contributed by atoms with Crippen LogP contribution in [-0.4, -0.2) is 42.9 Å². The van der Waals surface area contributed by atoms with E-state index in [1.807, 2.05) is 0 Å². The van der Waals surface area contributed by atoms with Crippen LogP contribution < -0.4 is 5.32 Å². The van der Waals surface area contributed by atoms with Crippen molar-refractivity contribution >= 4 is 0 Å². The van der Waals surface area contributed by atoms with Gasteiger partial charge in [-0.3, -0.25) is 4.90 Å². The van der Waals surface area contributed by atoms with Gasteiger partial charge in [0.25, 0.3) is 0 Å². The lowest BCUT2D eigenvalue weighted by Gasteiger charge is -2.34. The number of halogens is 4. The van der Waals surface area contributed by atoms with E-state index < -0.39 is 24.5 Å². The van der Waals surface area contributed by atoms with E-state index in [2.05, 4.69) is 5.32 Å². The molecule has 1 fully saturated rings. The second kappa shape index (κ2) is 5.97. The first-order valence-corrected chi connectivity index (χ1v) is 6.34. The highest BCUT2D eigenvalue weighted by Gasteiger charge is 2.33. The number of phenolic OH excluding ortho intramolecular Hbond substituents is 1. The minimum absolute atomic E-state index is 0.00998. The molecular weight excluding hydrogens is 276 g/mol. The highest BCUT2D eigenvalue weighted by Crippen LogP contribution is 2.36. The molecule has 1 aromatic carbocycles. The van der Waals surface area contributed by atoms with E-state index in [1.165, 1.54) is 0 Å². The van der Waals surface area contributed by atoms with Gasteiger partial charge in [0.15, 0.2) is 0 Å². The summed E-state index contributed by atoms with van der Waals surface area (Å²) in [5.41, 5.74) is -0.886. The fraction of sp³-hybridized carbons (Fsp3) is 0.538. The maximum absolute atomic E-state index is 13.3. The molecule has 1 aliphatic rings. The van der Waals surface area contributed by atoms with Crippen LogP contribution in [0.25, 0.3) is 0 Å². The second-order valence-electron chi connectivity index (χ2n) is 4.73. The van der Waals surface area contributed by atoms with Crippen LogP contribution in [0.3, 0.4) is 0 Å². The van der Waals surface area contributed by atoms with Crippen LogP contribution in [0, 0.1) is 0 Å². The third kappa shape index (κ3) is 3.21. The summed E-state index contributed by atoms with van der Waals surface area (Å²) >= 11 is 0. The zero-order chi connectivity index (χ0) is 14.8. The van der Waals surface area contributed by atoms with Crippen molar-refractivity contribution in [3.63, 3.8) is 0 Å². The molecule has 0 aromatic heterocycles.